The summed E-state index contributed by atoms with van der Waals surface area (Å²) in [6, 6.07) is 22.7. The summed E-state index contributed by atoms with van der Waals surface area (Å²) in [5.74, 6) is 0.488. The number of rotatable bonds is 9. The fourth-order valence-electron chi connectivity index (χ4n) is 2.60. The minimum atomic E-state index is 0.488. The van der Waals surface area contributed by atoms with Gasteiger partial charge < -0.3 is 15.8 Å². The third-order valence-corrected chi connectivity index (χ3v) is 5.03. The Kier molecular flexibility index (Phi) is 7.45. The third-order valence-electron chi connectivity index (χ3n) is 4.09. The van der Waals surface area contributed by atoms with Crippen molar-refractivity contribution < 1.29 is 4.74 Å². The van der Waals surface area contributed by atoms with Crippen molar-refractivity contribution in [2.24, 2.45) is 10.7 Å². The van der Waals surface area contributed by atoms with Crippen LogP contribution in [0.4, 0.5) is 0 Å². The first-order valence-corrected chi connectivity index (χ1v) is 9.93. The van der Waals surface area contributed by atoms with Crippen LogP contribution < -0.4 is 11.1 Å². The second kappa shape index (κ2) is 10.5. The topological polar surface area (TPSA) is 59.6 Å². The molecule has 0 aliphatic carbocycles. The summed E-state index contributed by atoms with van der Waals surface area (Å²) in [5.41, 5.74) is 9.40. The second-order valence-corrected chi connectivity index (χ2v) is 7.28. The van der Waals surface area contributed by atoms with Crippen LogP contribution in [0, 0.1) is 0 Å². The first-order chi connectivity index (χ1) is 13.3. The molecule has 140 valence electrons. The van der Waals surface area contributed by atoms with Gasteiger partial charge in [0.2, 0.25) is 0 Å². The van der Waals surface area contributed by atoms with Gasteiger partial charge in [0, 0.05) is 11.4 Å². The van der Waals surface area contributed by atoms with Crippen LogP contribution in [-0.4, -0.2) is 12.5 Å². The third kappa shape index (κ3) is 6.89. The van der Waals surface area contributed by atoms with E-state index in [1.54, 1.807) is 11.3 Å². The molecule has 0 radical (unpaired) electrons. The maximum Gasteiger partial charge on any atom is 0.188 e. The molecule has 0 unspecified atom stereocenters. The number of thiophene rings is 1. The Morgan fingerprint density at radius 2 is 1.59 bits per heavy atom. The van der Waals surface area contributed by atoms with Crippen molar-refractivity contribution in [1.29, 1.82) is 0 Å². The smallest absolute Gasteiger partial charge is 0.188 e. The van der Waals surface area contributed by atoms with Crippen LogP contribution in [0.15, 0.2) is 77.1 Å². The second-order valence-electron chi connectivity index (χ2n) is 6.25. The molecule has 1 aromatic heterocycles. The molecule has 1 heterocycles. The molecule has 0 atom stereocenters. The molecular weight excluding hydrogens is 354 g/mol. The average Bonchev–Trinajstić information content (AvgIpc) is 3.22. The zero-order valence-corrected chi connectivity index (χ0v) is 16.1. The van der Waals surface area contributed by atoms with E-state index in [4.69, 9.17) is 10.5 Å². The van der Waals surface area contributed by atoms with Gasteiger partial charge in [0.25, 0.3) is 0 Å². The van der Waals surface area contributed by atoms with Gasteiger partial charge in [0.15, 0.2) is 5.96 Å². The van der Waals surface area contributed by atoms with E-state index in [0.717, 1.165) is 24.1 Å². The van der Waals surface area contributed by atoms with E-state index in [1.165, 1.54) is 10.4 Å². The minimum absolute atomic E-state index is 0.488. The van der Waals surface area contributed by atoms with Crippen molar-refractivity contribution in [1.82, 2.24) is 5.32 Å². The van der Waals surface area contributed by atoms with Gasteiger partial charge in [-0.1, -0.05) is 60.7 Å². The molecule has 0 saturated carbocycles. The predicted octanol–water partition coefficient (Wildman–Crippen LogP) is 4.11. The number of hydrogen-bond acceptors (Lipinski definition) is 3. The van der Waals surface area contributed by atoms with E-state index in [-0.39, 0.29) is 0 Å². The molecule has 4 nitrogen and oxygen atoms in total. The minimum Gasteiger partial charge on any atom is -0.372 e. The largest absolute Gasteiger partial charge is 0.372 e. The van der Waals surface area contributed by atoms with E-state index < -0.39 is 0 Å². The number of aliphatic imine (C=N–C) groups is 1. The Hall–Kier alpha value is -2.63. The van der Waals surface area contributed by atoms with Crippen molar-refractivity contribution >= 4 is 17.3 Å². The number of guanidine groups is 1. The number of benzene rings is 2. The quantitative estimate of drug-likeness (QED) is 0.434. The van der Waals surface area contributed by atoms with Gasteiger partial charge in [-0.2, -0.15) is 0 Å². The SMILES string of the molecule is NC(=NCc1ccc(COCc2ccccc2)cc1)NCCc1cccs1. The molecule has 0 aliphatic heterocycles. The summed E-state index contributed by atoms with van der Waals surface area (Å²) in [6.07, 6.45) is 0.964. The number of nitrogens with two attached hydrogens (primary N) is 1. The summed E-state index contributed by atoms with van der Waals surface area (Å²) in [5, 5.41) is 5.25. The van der Waals surface area contributed by atoms with Crippen LogP contribution in [-0.2, 0) is 30.9 Å². The normalized spacial score (nSPS) is 11.5. The van der Waals surface area contributed by atoms with Crippen LogP contribution in [0.25, 0.3) is 0 Å². The van der Waals surface area contributed by atoms with E-state index in [0.29, 0.717) is 25.7 Å². The van der Waals surface area contributed by atoms with E-state index >= 15 is 0 Å². The molecule has 3 N–H and O–H groups in total. The first kappa shape index (κ1) is 19.1. The van der Waals surface area contributed by atoms with Gasteiger partial charge in [-0.25, -0.2) is 4.99 Å². The number of hydrogen-bond donors (Lipinski definition) is 2. The van der Waals surface area contributed by atoms with Crippen molar-refractivity contribution in [3.8, 4) is 0 Å². The lowest BCUT2D eigenvalue weighted by atomic mass is 10.1. The summed E-state index contributed by atoms with van der Waals surface area (Å²) in [6.45, 7) is 2.60. The van der Waals surface area contributed by atoms with Gasteiger partial charge in [0.05, 0.1) is 19.8 Å². The maximum absolute atomic E-state index is 5.93. The Balaban J connectivity index is 1.37. The Morgan fingerprint density at radius 3 is 2.30 bits per heavy atom. The van der Waals surface area contributed by atoms with Gasteiger partial charge in [-0.15, -0.1) is 11.3 Å². The fraction of sp³-hybridized carbons (Fsp3) is 0.227. The summed E-state index contributed by atoms with van der Waals surface area (Å²) < 4.78 is 5.76. The molecule has 3 rings (SSSR count). The first-order valence-electron chi connectivity index (χ1n) is 9.05. The monoisotopic (exact) mass is 379 g/mol. The van der Waals surface area contributed by atoms with E-state index in [1.807, 2.05) is 18.2 Å². The van der Waals surface area contributed by atoms with Crippen LogP contribution >= 0.6 is 11.3 Å². The van der Waals surface area contributed by atoms with Crippen LogP contribution in [0.2, 0.25) is 0 Å². The molecular formula is C22H25N3OS. The Bertz CT molecular complexity index is 815. The van der Waals surface area contributed by atoms with Crippen LogP contribution in [0.5, 0.6) is 0 Å². The fourth-order valence-corrected chi connectivity index (χ4v) is 3.31. The molecule has 0 fully saturated rings. The van der Waals surface area contributed by atoms with Crippen molar-refractivity contribution in [2.75, 3.05) is 6.54 Å². The standard InChI is InChI=1S/C22H25N3OS/c23-22(24-13-12-21-7-4-14-27-21)25-15-18-8-10-20(11-9-18)17-26-16-19-5-2-1-3-6-19/h1-11,14H,12-13,15-17H2,(H3,23,24,25). The molecule has 2 aromatic carbocycles. The molecule has 0 spiro atoms. The average molecular weight is 380 g/mol. The molecule has 5 heteroatoms. The highest BCUT2D eigenvalue weighted by Gasteiger charge is 1.98. The lowest BCUT2D eigenvalue weighted by Gasteiger charge is -2.06. The summed E-state index contributed by atoms with van der Waals surface area (Å²) >= 11 is 1.76. The lowest BCUT2D eigenvalue weighted by Crippen LogP contribution is -2.33. The molecule has 0 bridgehead atoms. The molecule has 0 amide bonds. The zero-order chi connectivity index (χ0) is 18.7. The number of ether oxygens (including phenoxy) is 1. The maximum atomic E-state index is 5.93. The van der Waals surface area contributed by atoms with Gasteiger partial charge >= 0.3 is 0 Å². The zero-order valence-electron chi connectivity index (χ0n) is 15.3. The molecule has 27 heavy (non-hydrogen) atoms. The highest BCUT2D eigenvalue weighted by Crippen LogP contribution is 2.09. The van der Waals surface area contributed by atoms with Gasteiger partial charge in [0.1, 0.15) is 0 Å². The Morgan fingerprint density at radius 1 is 0.889 bits per heavy atom. The van der Waals surface area contributed by atoms with E-state index in [2.05, 4.69) is 64.2 Å². The van der Waals surface area contributed by atoms with Gasteiger partial charge in [-0.3, -0.25) is 0 Å². The Labute approximate surface area is 164 Å². The highest BCUT2D eigenvalue weighted by molar-refractivity contribution is 7.09. The predicted molar refractivity (Wildman–Crippen MR) is 113 cm³/mol. The van der Waals surface area contributed by atoms with Gasteiger partial charge in [-0.05, 0) is 34.6 Å². The van der Waals surface area contributed by atoms with Crippen molar-refractivity contribution in [2.45, 2.75) is 26.2 Å². The molecule has 0 aliphatic rings. The summed E-state index contributed by atoms with van der Waals surface area (Å²) in [7, 11) is 0. The molecule has 0 saturated heterocycles. The van der Waals surface area contributed by atoms with E-state index in [9.17, 15) is 0 Å². The van der Waals surface area contributed by atoms with Crippen LogP contribution in [0.3, 0.4) is 0 Å². The number of nitrogens with one attached hydrogen (secondary N) is 1. The lowest BCUT2D eigenvalue weighted by molar-refractivity contribution is 0.107. The molecule has 3 aromatic rings. The highest BCUT2D eigenvalue weighted by atomic mass is 32.1. The number of nitrogens with zero attached hydrogens (tertiary/aromatic N) is 1. The van der Waals surface area contributed by atoms with Crippen molar-refractivity contribution in [3.05, 3.63) is 93.7 Å². The van der Waals surface area contributed by atoms with Crippen LogP contribution in [0.1, 0.15) is 21.6 Å². The summed E-state index contributed by atoms with van der Waals surface area (Å²) in [4.78, 5) is 5.75. The van der Waals surface area contributed by atoms with Crippen molar-refractivity contribution in [3.63, 3.8) is 0 Å².